The summed E-state index contributed by atoms with van der Waals surface area (Å²) in [6.07, 6.45) is 1.84. The zero-order chi connectivity index (χ0) is 19.2. The van der Waals surface area contributed by atoms with E-state index in [-0.39, 0.29) is 22.1 Å². The van der Waals surface area contributed by atoms with Crippen LogP contribution in [0.5, 0.6) is 0 Å². The van der Waals surface area contributed by atoms with Crippen LogP contribution in [-0.4, -0.2) is 19.1 Å². The number of ketones is 1. The third-order valence-corrected chi connectivity index (χ3v) is 5.82. The molecule has 1 N–H and O–H groups in total. The number of nitro benzene ring substituents is 1. The van der Waals surface area contributed by atoms with Crippen LogP contribution in [0, 0.1) is 10.1 Å². The van der Waals surface area contributed by atoms with E-state index < -0.39 is 14.9 Å². The molecule has 0 fully saturated rings. The van der Waals surface area contributed by atoms with E-state index in [1.54, 1.807) is 12.1 Å². The molecule has 4 rings (SSSR count). The van der Waals surface area contributed by atoms with Gasteiger partial charge in [0.05, 0.1) is 15.4 Å². The number of nitrogens with zero attached hydrogens (tertiary/aromatic N) is 1. The Labute approximate surface area is 154 Å². The molecule has 1 heterocycles. The molecule has 0 spiro atoms. The second-order valence-corrected chi connectivity index (χ2v) is 7.93. The largest absolute Gasteiger partial charge is 0.460 e. The van der Waals surface area contributed by atoms with Crippen molar-refractivity contribution in [2.75, 3.05) is 4.72 Å². The number of benzene rings is 2. The lowest BCUT2D eigenvalue weighted by Gasteiger charge is -2.09. The highest BCUT2D eigenvalue weighted by Crippen LogP contribution is 2.34. The number of nitro groups is 1. The number of furan rings is 1. The number of anilines is 1. The molecule has 0 saturated heterocycles. The summed E-state index contributed by atoms with van der Waals surface area (Å²) in [6, 6.07) is 9.47. The predicted molar refractivity (Wildman–Crippen MR) is 97.4 cm³/mol. The number of carbonyl (C=O) groups is 1. The van der Waals surface area contributed by atoms with Crippen molar-refractivity contribution in [2.24, 2.45) is 0 Å². The van der Waals surface area contributed by atoms with Gasteiger partial charge in [-0.05, 0) is 30.7 Å². The predicted octanol–water partition coefficient (Wildman–Crippen LogP) is 3.66. The molecule has 3 aromatic rings. The van der Waals surface area contributed by atoms with Crippen LogP contribution in [0.15, 0.2) is 51.8 Å². The van der Waals surface area contributed by atoms with Crippen molar-refractivity contribution in [3.8, 4) is 0 Å². The molecule has 1 aliphatic carbocycles. The zero-order valence-electron chi connectivity index (χ0n) is 14.0. The summed E-state index contributed by atoms with van der Waals surface area (Å²) in [5.41, 5.74) is 0.958. The maximum absolute atomic E-state index is 12.6. The Kier molecular flexibility index (Phi) is 3.96. The molecule has 8 nitrogen and oxygen atoms in total. The van der Waals surface area contributed by atoms with Crippen LogP contribution in [-0.2, 0) is 16.4 Å². The molecule has 0 amide bonds. The average molecular weight is 386 g/mol. The van der Waals surface area contributed by atoms with Gasteiger partial charge in [-0.1, -0.05) is 6.07 Å². The summed E-state index contributed by atoms with van der Waals surface area (Å²) in [5.74, 6) is 0.605. The van der Waals surface area contributed by atoms with E-state index in [2.05, 4.69) is 4.72 Å². The van der Waals surface area contributed by atoms with Gasteiger partial charge in [0.2, 0.25) is 0 Å². The van der Waals surface area contributed by atoms with Crippen molar-refractivity contribution < 1.29 is 22.6 Å². The van der Waals surface area contributed by atoms with Gasteiger partial charge in [0.15, 0.2) is 5.78 Å². The number of hydrogen-bond donors (Lipinski definition) is 1. The lowest BCUT2D eigenvalue weighted by Crippen LogP contribution is -2.13. The van der Waals surface area contributed by atoms with Crippen LogP contribution in [0.25, 0.3) is 11.0 Å². The summed E-state index contributed by atoms with van der Waals surface area (Å²) < 4.78 is 33.3. The number of nitrogens with one attached hydrogen (secondary N) is 1. The van der Waals surface area contributed by atoms with Crippen molar-refractivity contribution in [1.29, 1.82) is 0 Å². The molecule has 27 heavy (non-hydrogen) atoms. The summed E-state index contributed by atoms with van der Waals surface area (Å²) in [4.78, 5) is 22.2. The van der Waals surface area contributed by atoms with Crippen LogP contribution in [0.3, 0.4) is 0 Å². The molecule has 0 unspecified atom stereocenters. The van der Waals surface area contributed by atoms with E-state index in [1.807, 2.05) is 0 Å². The minimum absolute atomic E-state index is 0.0197. The molecule has 9 heteroatoms. The lowest BCUT2D eigenvalue weighted by atomic mass is 9.94. The van der Waals surface area contributed by atoms with Crippen molar-refractivity contribution >= 4 is 38.2 Å². The SMILES string of the molecule is O=C1CCCc2oc3ccc(NS(=O)(=O)c4cccc([N+](=O)[O-])c4)cc3c21. The Balaban J connectivity index is 1.73. The van der Waals surface area contributed by atoms with E-state index in [9.17, 15) is 23.3 Å². The van der Waals surface area contributed by atoms with E-state index in [0.717, 1.165) is 12.5 Å². The molecule has 0 saturated carbocycles. The first-order valence-electron chi connectivity index (χ1n) is 8.21. The van der Waals surface area contributed by atoms with Gasteiger partial charge in [0.25, 0.3) is 15.7 Å². The van der Waals surface area contributed by atoms with E-state index in [1.165, 1.54) is 24.3 Å². The Morgan fingerprint density at radius 1 is 1.11 bits per heavy atom. The number of fused-ring (bicyclic) bond motifs is 3. The smallest absolute Gasteiger partial charge is 0.270 e. The van der Waals surface area contributed by atoms with Crippen LogP contribution < -0.4 is 4.72 Å². The number of hydrogen-bond acceptors (Lipinski definition) is 6. The first-order valence-corrected chi connectivity index (χ1v) is 9.69. The summed E-state index contributed by atoms with van der Waals surface area (Å²) in [6.45, 7) is 0. The van der Waals surface area contributed by atoms with Crippen molar-refractivity contribution in [3.63, 3.8) is 0 Å². The molecule has 0 radical (unpaired) electrons. The van der Waals surface area contributed by atoms with Gasteiger partial charge < -0.3 is 4.42 Å². The third-order valence-electron chi connectivity index (χ3n) is 4.44. The highest BCUT2D eigenvalue weighted by atomic mass is 32.2. The van der Waals surface area contributed by atoms with Gasteiger partial charge in [-0.2, -0.15) is 0 Å². The minimum Gasteiger partial charge on any atom is -0.460 e. The fraction of sp³-hybridized carbons (Fsp3) is 0.167. The third kappa shape index (κ3) is 3.06. The van der Waals surface area contributed by atoms with Gasteiger partial charge in [0.1, 0.15) is 11.3 Å². The molecule has 1 aliphatic rings. The lowest BCUT2D eigenvalue weighted by molar-refractivity contribution is -0.385. The molecular weight excluding hydrogens is 372 g/mol. The maximum atomic E-state index is 12.6. The number of Topliss-reactive ketones (excluding diaryl/α,β-unsaturated/α-hetero) is 1. The summed E-state index contributed by atoms with van der Waals surface area (Å²) >= 11 is 0. The second-order valence-electron chi connectivity index (χ2n) is 6.25. The fourth-order valence-electron chi connectivity index (χ4n) is 3.21. The van der Waals surface area contributed by atoms with E-state index in [4.69, 9.17) is 4.42 Å². The summed E-state index contributed by atoms with van der Waals surface area (Å²) in [5, 5.41) is 11.4. The van der Waals surface area contributed by atoms with Gasteiger partial charge in [-0.3, -0.25) is 19.6 Å². The standard InChI is InChI=1S/C18H14N2O6S/c21-15-5-2-6-17-18(15)14-9-11(7-8-16(14)26-17)19-27(24,25)13-4-1-3-12(10-13)20(22)23/h1,3-4,7-10,19H,2,5-6H2. The second kappa shape index (κ2) is 6.20. The first kappa shape index (κ1) is 17.2. The Morgan fingerprint density at radius 2 is 1.93 bits per heavy atom. The van der Waals surface area contributed by atoms with Gasteiger partial charge >= 0.3 is 0 Å². The summed E-state index contributed by atoms with van der Waals surface area (Å²) in [7, 11) is -4.03. The Bertz CT molecular complexity index is 1200. The average Bonchev–Trinajstić information content (AvgIpc) is 3.00. The van der Waals surface area contributed by atoms with Crippen LogP contribution in [0.4, 0.5) is 11.4 Å². The van der Waals surface area contributed by atoms with Gasteiger partial charge in [-0.25, -0.2) is 8.42 Å². The van der Waals surface area contributed by atoms with Crippen LogP contribution >= 0.6 is 0 Å². The van der Waals surface area contributed by atoms with Crippen LogP contribution in [0.1, 0.15) is 29.0 Å². The van der Waals surface area contributed by atoms with Crippen molar-refractivity contribution in [3.05, 3.63) is 63.9 Å². The fourth-order valence-corrected chi connectivity index (χ4v) is 4.30. The first-order chi connectivity index (χ1) is 12.8. The normalized spacial score (nSPS) is 14.1. The molecular formula is C18H14N2O6S. The zero-order valence-corrected chi connectivity index (χ0v) is 14.8. The van der Waals surface area contributed by atoms with E-state index in [0.29, 0.717) is 35.1 Å². The topological polar surface area (TPSA) is 120 Å². The number of rotatable bonds is 4. The van der Waals surface area contributed by atoms with Crippen LogP contribution in [0.2, 0.25) is 0 Å². The van der Waals surface area contributed by atoms with Gasteiger partial charge in [0, 0.05) is 36.0 Å². The maximum Gasteiger partial charge on any atom is 0.270 e. The highest BCUT2D eigenvalue weighted by Gasteiger charge is 2.25. The highest BCUT2D eigenvalue weighted by molar-refractivity contribution is 7.92. The molecule has 1 aromatic heterocycles. The van der Waals surface area contributed by atoms with Crippen molar-refractivity contribution in [1.82, 2.24) is 0 Å². The number of sulfonamides is 1. The van der Waals surface area contributed by atoms with E-state index >= 15 is 0 Å². The molecule has 0 atom stereocenters. The van der Waals surface area contributed by atoms with Crippen molar-refractivity contribution in [2.45, 2.75) is 24.2 Å². The number of aryl methyl sites for hydroxylation is 1. The molecule has 0 bridgehead atoms. The Morgan fingerprint density at radius 3 is 2.70 bits per heavy atom. The molecule has 2 aromatic carbocycles. The van der Waals surface area contributed by atoms with Gasteiger partial charge in [-0.15, -0.1) is 0 Å². The number of carbonyl (C=O) groups excluding carboxylic acids is 1. The Hall–Kier alpha value is -3.20. The number of non-ortho nitro benzene ring substituents is 1. The molecule has 0 aliphatic heterocycles. The minimum atomic E-state index is -4.03. The monoisotopic (exact) mass is 386 g/mol. The quantitative estimate of drug-likeness (QED) is 0.540. The molecule has 138 valence electrons.